The van der Waals surface area contributed by atoms with Crippen LogP contribution >= 0.6 is 11.6 Å². The molecule has 1 aliphatic rings. The summed E-state index contributed by atoms with van der Waals surface area (Å²) in [7, 11) is 0. The van der Waals surface area contributed by atoms with E-state index in [2.05, 4.69) is 29.9 Å². The molecule has 2 aromatic heterocycles. The molecule has 33 heavy (non-hydrogen) atoms. The molecule has 3 aromatic rings. The Bertz CT molecular complexity index is 1110. The van der Waals surface area contributed by atoms with E-state index in [-0.39, 0.29) is 18.3 Å². The van der Waals surface area contributed by atoms with Gasteiger partial charge >= 0.3 is 0 Å². The minimum atomic E-state index is -0.556. The fourth-order valence-corrected chi connectivity index (χ4v) is 3.65. The number of benzene rings is 1. The van der Waals surface area contributed by atoms with Crippen molar-refractivity contribution in [3.63, 3.8) is 0 Å². The number of ether oxygens (including phenoxy) is 1. The zero-order valence-electron chi connectivity index (χ0n) is 17.7. The summed E-state index contributed by atoms with van der Waals surface area (Å²) in [4.78, 5) is 19.8. The molecule has 12 heteroatoms. The van der Waals surface area contributed by atoms with Gasteiger partial charge in [0, 0.05) is 31.3 Å². The first-order valence-electron chi connectivity index (χ1n) is 10.3. The molecule has 4 rings (SSSR count). The van der Waals surface area contributed by atoms with Crippen molar-refractivity contribution in [3.8, 4) is 5.75 Å². The first-order chi connectivity index (χ1) is 16.0. The summed E-state index contributed by atoms with van der Waals surface area (Å²) >= 11 is 5.87. The Morgan fingerprint density at radius 2 is 1.97 bits per heavy atom. The number of rotatable bonds is 7. The van der Waals surface area contributed by atoms with Crippen molar-refractivity contribution < 1.29 is 9.13 Å². The average molecular weight is 472 g/mol. The van der Waals surface area contributed by atoms with Crippen LogP contribution in [0.5, 0.6) is 5.75 Å². The third-order valence-corrected chi connectivity index (χ3v) is 5.46. The van der Waals surface area contributed by atoms with Crippen molar-refractivity contribution in [1.29, 1.82) is 0 Å². The Labute approximate surface area is 195 Å². The number of hydrazone groups is 1. The fourth-order valence-electron chi connectivity index (χ4n) is 3.55. The highest BCUT2D eigenvalue weighted by molar-refractivity contribution is 6.30. The topological polar surface area (TPSA) is 132 Å². The Morgan fingerprint density at radius 1 is 1.21 bits per heavy atom. The highest BCUT2D eigenvalue weighted by Gasteiger charge is 2.24. The summed E-state index contributed by atoms with van der Waals surface area (Å²) in [6, 6.07) is 6.08. The zero-order valence-corrected chi connectivity index (χ0v) is 18.4. The molecule has 0 saturated carbocycles. The molecular formula is C21H23ClFN9O. The second-order valence-corrected chi connectivity index (χ2v) is 7.88. The van der Waals surface area contributed by atoms with Gasteiger partial charge in [0.15, 0.2) is 11.6 Å². The van der Waals surface area contributed by atoms with Crippen molar-refractivity contribution in [2.45, 2.75) is 25.4 Å². The maximum Gasteiger partial charge on any atom is 0.225 e. The van der Waals surface area contributed by atoms with E-state index in [1.165, 1.54) is 18.5 Å². The molecular weight excluding hydrogens is 449 g/mol. The van der Waals surface area contributed by atoms with Crippen LogP contribution in [-0.4, -0.2) is 39.4 Å². The molecule has 0 unspecified atom stereocenters. The van der Waals surface area contributed by atoms with Crippen molar-refractivity contribution in [2.24, 2.45) is 16.8 Å². The minimum Gasteiger partial charge on any atom is -0.484 e. The summed E-state index contributed by atoms with van der Waals surface area (Å²) < 4.78 is 20.0. The quantitative estimate of drug-likeness (QED) is 0.231. The van der Waals surface area contributed by atoms with Gasteiger partial charge in [0.25, 0.3) is 0 Å². The van der Waals surface area contributed by atoms with E-state index in [1.54, 1.807) is 30.7 Å². The van der Waals surface area contributed by atoms with Crippen LogP contribution in [0.1, 0.15) is 30.3 Å². The number of nitrogens with two attached hydrogens (primary N) is 2. The second kappa shape index (κ2) is 10.4. The van der Waals surface area contributed by atoms with Crippen LogP contribution in [0.2, 0.25) is 5.02 Å². The van der Waals surface area contributed by atoms with Gasteiger partial charge in [-0.2, -0.15) is 5.10 Å². The molecule has 3 heterocycles. The molecule has 0 spiro atoms. The lowest BCUT2D eigenvalue weighted by Gasteiger charge is -2.31. The van der Waals surface area contributed by atoms with E-state index >= 15 is 0 Å². The van der Waals surface area contributed by atoms with Crippen LogP contribution in [0.25, 0.3) is 0 Å². The van der Waals surface area contributed by atoms with Gasteiger partial charge in [-0.05, 0) is 31.0 Å². The van der Waals surface area contributed by atoms with Crippen LogP contribution in [-0.2, 0) is 6.61 Å². The molecule has 1 aromatic carbocycles. The number of piperidine rings is 1. The fraction of sp³-hybridized carbons (Fsp3) is 0.286. The van der Waals surface area contributed by atoms with Gasteiger partial charge in [0.05, 0.1) is 28.8 Å². The van der Waals surface area contributed by atoms with Crippen LogP contribution in [0, 0.1) is 5.82 Å². The Balaban J connectivity index is 1.35. The van der Waals surface area contributed by atoms with E-state index in [0.717, 1.165) is 36.8 Å². The monoisotopic (exact) mass is 471 g/mol. The highest BCUT2D eigenvalue weighted by atomic mass is 35.5. The highest BCUT2D eigenvalue weighted by Crippen LogP contribution is 2.28. The van der Waals surface area contributed by atoms with Gasteiger partial charge in [-0.15, -0.1) is 0 Å². The lowest BCUT2D eigenvalue weighted by atomic mass is 9.96. The molecule has 1 fully saturated rings. The number of hydrazine groups is 1. The standard InChI is InChI=1S/C21H23ClFN9O/c22-15-10-27-21(28-11-15)31-7-4-14(5-8-31)20-26-6-3-16(30-20)12-33-19-2-1-17(9-18(19)23)32(25)13-29-24/h1-3,6,9-11,13-14H,4-5,7-8,12,24-25H2/b29-13-. The molecule has 0 amide bonds. The van der Waals surface area contributed by atoms with Gasteiger partial charge in [0.1, 0.15) is 18.8 Å². The Hall–Kier alpha value is -3.57. The number of halogens is 2. The minimum absolute atomic E-state index is 0.0910. The zero-order chi connectivity index (χ0) is 23.2. The predicted octanol–water partition coefficient (Wildman–Crippen LogP) is 2.60. The summed E-state index contributed by atoms with van der Waals surface area (Å²) in [6.45, 7) is 1.70. The molecule has 0 atom stereocenters. The molecule has 1 aliphatic heterocycles. The maximum atomic E-state index is 14.4. The van der Waals surface area contributed by atoms with Gasteiger partial charge < -0.3 is 15.5 Å². The largest absolute Gasteiger partial charge is 0.484 e. The predicted molar refractivity (Wildman–Crippen MR) is 123 cm³/mol. The maximum absolute atomic E-state index is 14.4. The molecule has 172 valence electrons. The van der Waals surface area contributed by atoms with E-state index in [4.69, 9.17) is 28.0 Å². The third-order valence-electron chi connectivity index (χ3n) is 5.26. The van der Waals surface area contributed by atoms with E-state index in [0.29, 0.717) is 22.4 Å². The van der Waals surface area contributed by atoms with Crippen molar-refractivity contribution in [3.05, 3.63) is 65.2 Å². The Morgan fingerprint density at radius 3 is 2.67 bits per heavy atom. The lowest BCUT2D eigenvalue weighted by molar-refractivity contribution is 0.285. The number of nitrogens with zero attached hydrogens (tertiary/aromatic N) is 7. The molecule has 0 radical (unpaired) electrons. The van der Waals surface area contributed by atoms with Crippen molar-refractivity contribution in [1.82, 2.24) is 19.9 Å². The van der Waals surface area contributed by atoms with Gasteiger partial charge in [0.2, 0.25) is 5.95 Å². The molecule has 10 nitrogen and oxygen atoms in total. The molecule has 1 saturated heterocycles. The summed E-state index contributed by atoms with van der Waals surface area (Å²) in [5, 5.41) is 4.92. The normalized spacial score (nSPS) is 14.6. The van der Waals surface area contributed by atoms with Gasteiger partial charge in [-0.1, -0.05) is 11.6 Å². The van der Waals surface area contributed by atoms with Gasteiger partial charge in [-0.3, -0.25) is 5.01 Å². The summed E-state index contributed by atoms with van der Waals surface area (Å²) in [6.07, 6.45) is 7.80. The van der Waals surface area contributed by atoms with E-state index < -0.39 is 5.82 Å². The number of anilines is 2. The van der Waals surface area contributed by atoms with Crippen molar-refractivity contribution in [2.75, 3.05) is 23.0 Å². The molecule has 0 bridgehead atoms. The van der Waals surface area contributed by atoms with Crippen LogP contribution in [0.4, 0.5) is 16.0 Å². The van der Waals surface area contributed by atoms with Crippen LogP contribution < -0.4 is 26.3 Å². The van der Waals surface area contributed by atoms with Crippen molar-refractivity contribution >= 4 is 29.6 Å². The van der Waals surface area contributed by atoms with E-state index in [1.807, 2.05) is 0 Å². The average Bonchev–Trinajstić information content (AvgIpc) is 2.84. The first kappa shape index (κ1) is 22.6. The summed E-state index contributed by atoms with van der Waals surface area (Å²) in [5.41, 5.74) is 1.05. The lowest BCUT2D eigenvalue weighted by Crippen LogP contribution is -2.34. The second-order valence-electron chi connectivity index (χ2n) is 7.44. The Kier molecular flexibility index (Phi) is 7.10. The third kappa shape index (κ3) is 5.62. The van der Waals surface area contributed by atoms with Crippen LogP contribution in [0.15, 0.2) is 48.0 Å². The molecule has 0 aliphatic carbocycles. The SMILES string of the molecule is N/N=C\N(N)c1ccc(OCc2ccnc(C3CCN(c4ncc(Cl)cn4)CC3)n2)c(F)c1. The first-order valence-corrected chi connectivity index (χ1v) is 10.6. The van der Waals surface area contributed by atoms with Crippen LogP contribution in [0.3, 0.4) is 0 Å². The smallest absolute Gasteiger partial charge is 0.225 e. The molecule has 4 N–H and O–H groups in total. The number of hydrogen-bond donors (Lipinski definition) is 2. The summed E-state index contributed by atoms with van der Waals surface area (Å²) in [5.74, 6) is 11.9. The van der Waals surface area contributed by atoms with E-state index in [9.17, 15) is 4.39 Å². The number of aromatic nitrogens is 4. The number of hydrogen-bond acceptors (Lipinski definition) is 9. The van der Waals surface area contributed by atoms with Gasteiger partial charge in [-0.25, -0.2) is 30.2 Å².